The molecule has 0 radical (unpaired) electrons. The Hall–Kier alpha value is -1.76. The van der Waals surface area contributed by atoms with Crippen LogP contribution in [0.15, 0.2) is 16.6 Å². The van der Waals surface area contributed by atoms with Crippen molar-refractivity contribution in [1.29, 1.82) is 0 Å². The molecule has 0 fully saturated rings. The van der Waals surface area contributed by atoms with Gasteiger partial charge in [0.05, 0.1) is 5.69 Å². The van der Waals surface area contributed by atoms with E-state index in [4.69, 9.17) is 0 Å². The fourth-order valence-electron chi connectivity index (χ4n) is 1.36. The molecule has 0 aliphatic heterocycles. The number of hydrogen-bond donors (Lipinski definition) is 2. The molecule has 0 spiro atoms. The maximum atomic E-state index is 11.8. The average Bonchev–Trinajstić information content (AvgIpc) is 2.63. The van der Waals surface area contributed by atoms with Crippen LogP contribution < -0.4 is 11.0 Å². The summed E-state index contributed by atoms with van der Waals surface area (Å²) in [6.45, 7) is 3.59. The molecule has 0 saturated heterocycles. The molecule has 2 N–H and O–H groups in total. The Balaban J connectivity index is 2.52. The normalized spacial score (nSPS) is 11.4. The van der Waals surface area contributed by atoms with Gasteiger partial charge in [0, 0.05) is 38.0 Å². The number of nitrogens with zero attached hydrogens (tertiary/aromatic N) is 1. The highest BCUT2D eigenvalue weighted by molar-refractivity contribution is 8.14. The molecule has 1 aromatic heterocycles. The molecule has 0 unspecified atom stereocenters. The Bertz CT molecular complexity index is 557. The van der Waals surface area contributed by atoms with Crippen LogP contribution in [-0.4, -0.2) is 32.9 Å². The summed E-state index contributed by atoms with van der Waals surface area (Å²) in [5.41, 5.74) is 0.931. The zero-order valence-electron chi connectivity index (χ0n) is 11.1. The molecule has 0 aliphatic carbocycles. The molecule has 0 atom stereocenters. The van der Waals surface area contributed by atoms with Crippen LogP contribution in [0, 0.1) is 0 Å². The SMILES string of the molecule is CC(=O)NCCSC(=O)C(C)=Cc1cn(C)c(=O)[nH]1. The Morgan fingerprint density at radius 2 is 2.16 bits per heavy atom. The fourth-order valence-corrected chi connectivity index (χ4v) is 2.04. The summed E-state index contributed by atoms with van der Waals surface area (Å²) < 4.78 is 1.41. The molecular formula is C12H17N3O3S. The van der Waals surface area contributed by atoms with Gasteiger partial charge < -0.3 is 14.9 Å². The topological polar surface area (TPSA) is 84.0 Å². The van der Waals surface area contributed by atoms with Crippen molar-refractivity contribution in [1.82, 2.24) is 14.9 Å². The Morgan fingerprint density at radius 1 is 1.47 bits per heavy atom. The fraction of sp³-hybridized carbons (Fsp3) is 0.417. The van der Waals surface area contributed by atoms with Crippen molar-refractivity contribution >= 4 is 28.9 Å². The van der Waals surface area contributed by atoms with E-state index in [0.29, 0.717) is 23.6 Å². The van der Waals surface area contributed by atoms with Crippen LogP contribution in [0.3, 0.4) is 0 Å². The van der Waals surface area contributed by atoms with Crippen LogP contribution in [0.4, 0.5) is 0 Å². The van der Waals surface area contributed by atoms with Crippen molar-refractivity contribution in [2.75, 3.05) is 12.3 Å². The molecule has 0 bridgehead atoms. The molecule has 104 valence electrons. The van der Waals surface area contributed by atoms with Crippen molar-refractivity contribution < 1.29 is 9.59 Å². The minimum absolute atomic E-state index is 0.0740. The van der Waals surface area contributed by atoms with Crippen molar-refractivity contribution in [3.63, 3.8) is 0 Å². The number of aromatic nitrogens is 2. The standard InChI is InChI=1S/C12H17N3O3S/c1-8(6-10-7-15(3)12(18)14-10)11(17)19-5-4-13-9(2)16/h6-7H,4-5H2,1-3H3,(H,13,16)(H,14,18). The molecule has 1 amide bonds. The number of amides is 1. The lowest BCUT2D eigenvalue weighted by molar-refractivity contribution is -0.118. The number of hydrogen-bond acceptors (Lipinski definition) is 4. The predicted octanol–water partition coefficient (Wildman–Crippen LogP) is 0.513. The number of aromatic amines is 1. The third-order valence-corrected chi connectivity index (χ3v) is 3.30. The summed E-state index contributed by atoms with van der Waals surface area (Å²) in [6.07, 6.45) is 3.26. The quantitative estimate of drug-likeness (QED) is 0.609. The Labute approximate surface area is 115 Å². The molecule has 1 aromatic rings. The lowest BCUT2D eigenvalue weighted by Crippen LogP contribution is -2.22. The first-order valence-electron chi connectivity index (χ1n) is 5.75. The van der Waals surface area contributed by atoms with E-state index in [-0.39, 0.29) is 16.7 Å². The van der Waals surface area contributed by atoms with Crippen LogP contribution >= 0.6 is 11.8 Å². The first-order valence-corrected chi connectivity index (χ1v) is 6.74. The number of H-pyrrole nitrogens is 1. The second-order valence-corrected chi connectivity index (χ2v) is 5.14. The Kier molecular flexibility index (Phi) is 5.62. The van der Waals surface area contributed by atoms with E-state index in [1.807, 2.05) is 0 Å². The number of carbonyl (C=O) groups excluding carboxylic acids is 2. The van der Waals surface area contributed by atoms with Gasteiger partial charge >= 0.3 is 5.69 Å². The van der Waals surface area contributed by atoms with Gasteiger partial charge in [-0.3, -0.25) is 9.59 Å². The Morgan fingerprint density at radius 3 is 2.68 bits per heavy atom. The van der Waals surface area contributed by atoms with Gasteiger partial charge in [0.25, 0.3) is 0 Å². The summed E-state index contributed by atoms with van der Waals surface area (Å²) >= 11 is 1.14. The van der Waals surface area contributed by atoms with Gasteiger partial charge in [-0.1, -0.05) is 11.8 Å². The van der Waals surface area contributed by atoms with Crippen molar-refractivity contribution in [3.05, 3.63) is 27.9 Å². The van der Waals surface area contributed by atoms with E-state index in [0.717, 1.165) is 11.8 Å². The molecule has 0 aromatic carbocycles. The van der Waals surface area contributed by atoms with Crippen LogP contribution in [0.2, 0.25) is 0 Å². The monoisotopic (exact) mass is 283 g/mol. The largest absolute Gasteiger partial charge is 0.356 e. The van der Waals surface area contributed by atoms with Crippen LogP contribution in [0.25, 0.3) is 6.08 Å². The number of rotatable bonds is 5. The van der Waals surface area contributed by atoms with E-state index in [1.54, 1.807) is 26.2 Å². The van der Waals surface area contributed by atoms with Gasteiger partial charge in [0.2, 0.25) is 11.0 Å². The van der Waals surface area contributed by atoms with Gasteiger partial charge in [-0.15, -0.1) is 0 Å². The molecule has 19 heavy (non-hydrogen) atoms. The smallest absolute Gasteiger partial charge is 0.325 e. The van der Waals surface area contributed by atoms with E-state index in [9.17, 15) is 14.4 Å². The summed E-state index contributed by atoms with van der Waals surface area (Å²) in [5.74, 6) is 0.414. The average molecular weight is 283 g/mol. The lowest BCUT2D eigenvalue weighted by Gasteiger charge is -2.01. The van der Waals surface area contributed by atoms with Gasteiger partial charge in [0.15, 0.2) is 0 Å². The predicted molar refractivity (Wildman–Crippen MR) is 75.8 cm³/mol. The van der Waals surface area contributed by atoms with Crippen molar-refractivity contribution in [2.24, 2.45) is 7.05 Å². The van der Waals surface area contributed by atoms with Gasteiger partial charge in [-0.25, -0.2) is 4.79 Å². The molecule has 1 heterocycles. The number of thioether (sulfide) groups is 1. The van der Waals surface area contributed by atoms with E-state index in [1.165, 1.54) is 11.5 Å². The molecule has 6 nitrogen and oxygen atoms in total. The van der Waals surface area contributed by atoms with Crippen molar-refractivity contribution in [2.45, 2.75) is 13.8 Å². The van der Waals surface area contributed by atoms with Crippen LogP contribution in [0.5, 0.6) is 0 Å². The van der Waals surface area contributed by atoms with Gasteiger partial charge in [-0.05, 0) is 13.0 Å². The maximum absolute atomic E-state index is 11.8. The number of carbonyl (C=O) groups is 2. The highest BCUT2D eigenvalue weighted by Crippen LogP contribution is 2.12. The third kappa shape index (κ3) is 5.17. The van der Waals surface area contributed by atoms with Crippen molar-refractivity contribution in [3.8, 4) is 0 Å². The summed E-state index contributed by atoms with van der Waals surface area (Å²) in [6, 6.07) is 0. The molecule has 1 rings (SSSR count). The first kappa shape index (κ1) is 15.3. The van der Waals surface area contributed by atoms with E-state index >= 15 is 0 Å². The highest BCUT2D eigenvalue weighted by atomic mass is 32.2. The minimum Gasteiger partial charge on any atom is -0.356 e. The van der Waals surface area contributed by atoms with E-state index < -0.39 is 0 Å². The number of imidazole rings is 1. The minimum atomic E-state index is -0.218. The molecule has 0 saturated carbocycles. The number of aryl methyl sites for hydroxylation is 1. The maximum Gasteiger partial charge on any atom is 0.325 e. The lowest BCUT2D eigenvalue weighted by atomic mass is 10.3. The second kappa shape index (κ2) is 6.98. The van der Waals surface area contributed by atoms with Gasteiger partial charge in [-0.2, -0.15) is 0 Å². The van der Waals surface area contributed by atoms with Gasteiger partial charge in [0.1, 0.15) is 0 Å². The zero-order valence-corrected chi connectivity index (χ0v) is 12.0. The molecule has 0 aliphatic rings. The second-order valence-electron chi connectivity index (χ2n) is 4.07. The molecular weight excluding hydrogens is 266 g/mol. The summed E-state index contributed by atoms with van der Waals surface area (Å²) in [7, 11) is 1.63. The summed E-state index contributed by atoms with van der Waals surface area (Å²) in [4.78, 5) is 36.3. The van der Waals surface area contributed by atoms with Crippen LogP contribution in [-0.2, 0) is 16.6 Å². The first-order chi connectivity index (χ1) is 8.90. The van der Waals surface area contributed by atoms with E-state index in [2.05, 4.69) is 10.3 Å². The number of nitrogens with one attached hydrogen (secondary N) is 2. The highest BCUT2D eigenvalue weighted by Gasteiger charge is 2.06. The third-order valence-electron chi connectivity index (χ3n) is 2.31. The zero-order chi connectivity index (χ0) is 14.4. The van der Waals surface area contributed by atoms with Crippen LogP contribution in [0.1, 0.15) is 19.5 Å². The molecule has 7 heteroatoms. The summed E-state index contributed by atoms with van der Waals surface area (Å²) in [5, 5.41) is 2.54.